The first-order valence-electron chi connectivity index (χ1n) is 10.4. The predicted octanol–water partition coefficient (Wildman–Crippen LogP) is 7.39. The van der Waals surface area contributed by atoms with Crippen molar-refractivity contribution in [1.29, 1.82) is 0 Å². The monoisotopic (exact) mass is 389 g/mol. The number of aromatic amines is 3. The van der Waals surface area contributed by atoms with E-state index in [0.717, 1.165) is 16.9 Å². The highest BCUT2D eigenvalue weighted by Gasteiger charge is 2.11. The van der Waals surface area contributed by atoms with Crippen LogP contribution in [0.5, 0.6) is 0 Å². The van der Waals surface area contributed by atoms with Gasteiger partial charge in [-0.1, -0.05) is 23.8 Å². The normalized spacial score (nSPS) is 11.8. The molecule has 0 aliphatic carbocycles. The summed E-state index contributed by atoms with van der Waals surface area (Å²) in [6.07, 6.45) is 2.07. The average molecular weight is 390 g/mol. The Kier molecular flexibility index (Phi) is 3.51. The van der Waals surface area contributed by atoms with Crippen LogP contribution in [-0.2, 0) is 0 Å². The summed E-state index contributed by atoms with van der Waals surface area (Å²) in [5.41, 5.74) is 12.1. The van der Waals surface area contributed by atoms with E-state index in [2.05, 4.69) is 103 Å². The van der Waals surface area contributed by atoms with Crippen molar-refractivity contribution in [2.75, 3.05) is 0 Å². The Morgan fingerprint density at radius 1 is 0.567 bits per heavy atom. The largest absolute Gasteiger partial charge is 0.361 e. The summed E-state index contributed by atoms with van der Waals surface area (Å²) in [5.74, 6) is 0. The number of nitrogens with one attached hydrogen (secondary N) is 3. The SMILES string of the molecule is Cc1ccc2[nH]c(-c3cc(C)c4cc(-c5ccc6c(C)c[nH]c6c5)[nH]c4c3)cc2c1. The number of hydrogen-bond donors (Lipinski definition) is 3. The second-order valence-corrected chi connectivity index (χ2v) is 8.44. The summed E-state index contributed by atoms with van der Waals surface area (Å²) in [4.78, 5) is 10.6. The lowest BCUT2D eigenvalue weighted by atomic mass is 10.0. The fourth-order valence-electron chi connectivity index (χ4n) is 4.58. The molecule has 0 radical (unpaired) electrons. The van der Waals surface area contributed by atoms with Gasteiger partial charge in [-0.15, -0.1) is 0 Å². The molecule has 0 fully saturated rings. The Bertz CT molecular complexity index is 1570. The molecule has 0 saturated heterocycles. The van der Waals surface area contributed by atoms with E-state index in [-0.39, 0.29) is 0 Å². The average Bonchev–Trinajstić information content (AvgIpc) is 3.44. The first-order valence-corrected chi connectivity index (χ1v) is 10.4. The molecule has 6 rings (SSSR count). The molecule has 30 heavy (non-hydrogen) atoms. The molecule has 0 spiro atoms. The predicted molar refractivity (Wildman–Crippen MR) is 127 cm³/mol. The molecule has 146 valence electrons. The summed E-state index contributed by atoms with van der Waals surface area (Å²) < 4.78 is 0. The standard InChI is InChI=1S/C27H23N3/c1-15-4-7-23-19(8-15)11-24(29-23)20-9-16(2)22-13-25(30-27(22)12-20)18-5-6-21-17(3)14-28-26(21)10-18/h4-14,28-30H,1-3H3. The fraction of sp³-hybridized carbons (Fsp3) is 0.111. The van der Waals surface area contributed by atoms with Crippen LogP contribution in [0.25, 0.3) is 55.2 Å². The van der Waals surface area contributed by atoms with Crippen molar-refractivity contribution in [2.45, 2.75) is 20.8 Å². The molecule has 3 heterocycles. The second-order valence-electron chi connectivity index (χ2n) is 8.44. The van der Waals surface area contributed by atoms with Crippen molar-refractivity contribution in [3.8, 4) is 22.5 Å². The van der Waals surface area contributed by atoms with Gasteiger partial charge in [-0.3, -0.25) is 0 Å². The molecule has 0 unspecified atom stereocenters. The summed E-state index contributed by atoms with van der Waals surface area (Å²) in [7, 11) is 0. The molecule has 0 saturated carbocycles. The van der Waals surface area contributed by atoms with Crippen LogP contribution in [0.4, 0.5) is 0 Å². The summed E-state index contributed by atoms with van der Waals surface area (Å²) in [6, 6.07) is 22.2. The van der Waals surface area contributed by atoms with Gasteiger partial charge < -0.3 is 15.0 Å². The topological polar surface area (TPSA) is 47.4 Å². The molecule has 3 aromatic heterocycles. The Morgan fingerprint density at radius 2 is 1.37 bits per heavy atom. The number of H-pyrrole nitrogens is 3. The summed E-state index contributed by atoms with van der Waals surface area (Å²) in [5, 5.41) is 3.80. The molecule has 0 amide bonds. The lowest BCUT2D eigenvalue weighted by Crippen LogP contribution is -1.82. The zero-order valence-electron chi connectivity index (χ0n) is 17.4. The van der Waals surface area contributed by atoms with Gasteiger partial charge in [0.25, 0.3) is 0 Å². The lowest BCUT2D eigenvalue weighted by Gasteiger charge is -2.02. The Hall–Kier alpha value is -3.72. The smallest absolute Gasteiger partial charge is 0.0468 e. The van der Waals surface area contributed by atoms with Crippen LogP contribution in [0, 0.1) is 20.8 Å². The van der Waals surface area contributed by atoms with Crippen LogP contribution >= 0.6 is 0 Å². The van der Waals surface area contributed by atoms with Crippen molar-refractivity contribution < 1.29 is 0 Å². The van der Waals surface area contributed by atoms with Crippen LogP contribution in [0.3, 0.4) is 0 Å². The molecule has 0 aliphatic rings. The number of aryl methyl sites for hydroxylation is 3. The number of benzene rings is 3. The van der Waals surface area contributed by atoms with E-state index in [1.807, 2.05) is 0 Å². The zero-order chi connectivity index (χ0) is 20.4. The molecular formula is C27H23N3. The highest BCUT2D eigenvalue weighted by Crippen LogP contribution is 2.33. The van der Waals surface area contributed by atoms with Crippen molar-refractivity contribution in [1.82, 2.24) is 15.0 Å². The number of rotatable bonds is 2. The van der Waals surface area contributed by atoms with E-state index < -0.39 is 0 Å². The van der Waals surface area contributed by atoms with Crippen LogP contribution < -0.4 is 0 Å². The zero-order valence-corrected chi connectivity index (χ0v) is 17.4. The van der Waals surface area contributed by atoms with E-state index in [4.69, 9.17) is 0 Å². The molecule has 3 N–H and O–H groups in total. The summed E-state index contributed by atoms with van der Waals surface area (Å²) in [6.45, 7) is 6.46. The van der Waals surface area contributed by atoms with Crippen LogP contribution in [0.15, 0.2) is 66.9 Å². The van der Waals surface area contributed by atoms with E-state index in [9.17, 15) is 0 Å². The highest BCUT2D eigenvalue weighted by molar-refractivity contribution is 5.95. The Morgan fingerprint density at radius 3 is 2.27 bits per heavy atom. The first kappa shape index (κ1) is 17.2. The third-order valence-corrected chi connectivity index (χ3v) is 6.23. The molecule has 0 atom stereocenters. The third kappa shape index (κ3) is 2.59. The van der Waals surface area contributed by atoms with Gasteiger partial charge >= 0.3 is 0 Å². The van der Waals surface area contributed by atoms with Crippen molar-refractivity contribution >= 4 is 32.7 Å². The van der Waals surface area contributed by atoms with E-state index in [0.29, 0.717) is 0 Å². The quantitative estimate of drug-likeness (QED) is 0.276. The van der Waals surface area contributed by atoms with Crippen LogP contribution in [-0.4, -0.2) is 15.0 Å². The van der Waals surface area contributed by atoms with Crippen LogP contribution in [0.2, 0.25) is 0 Å². The van der Waals surface area contributed by atoms with Gasteiger partial charge in [0.05, 0.1) is 0 Å². The molecule has 3 heteroatoms. The molecule has 3 nitrogen and oxygen atoms in total. The van der Waals surface area contributed by atoms with Gasteiger partial charge in [0, 0.05) is 61.4 Å². The number of aromatic nitrogens is 3. The minimum atomic E-state index is 1.15. The van der Waals surface area contributed by atoms with Crippen LogP contribution in [0.1, 0.15) is 16.7 Å². The number of hydrogen-bond acceptors (Lipinski definition) is 0. The Labute approximate surface area is 174 Å². The Balaban J connectivity index is 1.48. The molecule has 0 bridgehead atoms. The minimum Gasteiger partial charge on any atom is -0.361 e. The van der Waals surface area contributed by atoms with Gasteiger partial charge in [0.15, 0.2) is 0 Å². The van der Waals surface area contributed by atoms with E-state index in [1.165, 1.54) is 55.0 Å². The van der Waals surface area contributed by atoms with Gasteiger partial charge in [-0.25, -0.2) is 0 Å². The van der Waals surface area contributed by atoms with Crippen molar-refractivity contribution in [3.05, 3.63) is 83.6 Å². The molecule has 3 aromatic carbocycles. The van der Waals surface area contributed by atoms with Crippen molar-refractivity contribution in [3.63, 3.8) is 0 Å². The molecule has 0 aliphatic heterocycles. The van der Waals surface area contributed by atoms with E-state index >= 15 is 0 Å². The van der Waals surface area contributed by atoms with Gasteiger partial charge in [0.2, 0.25) is 0 Å². The van der Waals surface area contributed by atoms with E-state index in [1.54, 1.807) is 0 Å². The van der Waals surface area contributed by atoms with Gasteiger partial charge in [0.1, 0.15) is 0 Å². The molecular weight excluding hydrogens is 366 g/mol. The van der Waals surface area contributed by atoms with Gasteiger partial charge in [-0.2, -0.15) is 0 Å². The van der Waals surface area contributed by atoms with Gasteiger partial charge in [-0.05, 0) is 74.4 Å². The van der Waals surface area contributed by atoms with Crippen molar-refractivity contribution in [2.24, 2.45) is 0 Å². The number of fused-ring (bicyclic) bond motifs is 3. The second kappa shape index (κ2) is 6.14. The highest BCUT2D eigenvalue weighted by atomic mass is 14.7. The fourth-order valence-corrected chi connectivity index (χ4v) is 4.58. The summed E-state index contributed by atoms with van der Waals surface area (Å²) >= 11 is 0. The lowest BCUT2D eigenvalue weighted by molar-refractivity contribution is 1.41. The maximum Gasteiger partial charge on any atom is 0.0468 e. The third-order valence-electron chi connectivity index (χ3n) is 6.23. The maximum absolute atomic E-state index is 3.65. The maximum atomic E-state index is 3.65. The minimum absolute atomic E-state index is 1.15. The first-order chi connectivity index (χ1) is 14.5. The molecule has 6 aromatic rings.